The molecule has 0 bridgehead atoms. The summed E-state index contributed by atoms with van der Waals surface area (Å²) in [6.45, 7) is 9.25. The van der Waals surface area contributed by atoms with Crippen molar-refractivity contribution >= 4 is 23.2 Å². The smallest absolute Gasteiger partial charge is 0.161 e. The summed E-state index contributed by atoms with van der Waals surface area (Å²) in [6.07, 6.45) is 1.80. The Kier molecular flexibility index (Phi) is 2.48. The number of thiophene rings is 1. The fourth-order valence-electron chi connectivity index (χ4n) is 1.39. The lowest BCUT2D eigenvalue weighted by molar-refractivity contribution is 0.101. The van der Waals surface area contributed by atoms with E-state index < -0.39 is 0 Å². The van der Waals surface area contributed by atoms with Crippen LogP contribution in [-0.4, -0.2) is 5.78 Å². The zero-order chi connectivity index (χ0) is 9.30. The van der Waals surface area contributed by atoms with Gasteiger partial charge in [-0.15, -0.1) is 11.3 Å². The second-order valence-corrected chi connectivity index (χ2v) is 4.04. The number of rotatable bonds is 2. The maximum absolute atomic E-state index is 11.2. The number of hydrogen-bond acceptors (Lipinski definition) is 2. The van der Waals surface area contributed by atoms with Gasteiger partial charge in [-0.25, -0.2) is 0 Å². The fraction of sp³-hybridized carbons (Fsp3) is 0.300. The lowest BCUT2D eigenvalue weighted by atomic mass is 10.1. The summed E-state index contributed by atoms with van der Waals surface area (Å²) >= 11 is 1.63. The molecule has 0 saturated heterocycles. The highest BCUT2D eigenvalue weighted by atomic mass is 32.1. The zero-order valence-electron chi connectivity index (χ0n) is 7.60. The van der Waals surface area contributed by atoms with E-state index in [0.29, 0.717) is 0 Å². The third kappa shape index (κ3) is 1.34. The van der Waals surface area contributed by atoms with Crippen molar-refractivity contribution in [2.45, 2.75) is 20.8 Å². The number of hydrogen-bond donors (Lipinski definition) is 0. The molecule has 64 valence electrons. The Morgan fingerprint density at radius 1 is 1.50 bits per heavy atom. The van der Waals surface area contributed by atoms with E-state index in [1.165, 1.54) is 0 Å². The van der Waals surface area contributed by atoms with Gasteiger partial charge in [-0.3, -0.25) is 4.79 Å². The predicted molar refractivity (Wildman–Crippen MR) is 53.9 cm³/mol. The second kappa shape index (κ2) is 3.23. The molecule has 0 aliphatic carbocycles. The lowest BCUT2D eigenvalue weighted by Crippen LogP contribution is -1.94. The van der Waals surface area contributed by atoms with Gasteiger partial charge in [0.1, 0.15) is 0 Å². The summed E-state index contributed by atoms with van der Waals surface area (Å²) in [4.78, 5) is 13.4. The summed E-state index contributed by atoms with van der Waals surface area (Å²) in [5.41, 5.74) is 1.94. The van der Waals surface area contributed by atoms with Crippen LogP contribution in [0.3, 0.4) is 0 Å². The maximum atomic E-state index is 11.2. The first-order chi connectivity index (χ1) is 5.57. The molecule has 1 heterocycles. The summed E-state index contributed by atoms with van der Waals surface area (Å²) in [5, 5.41) is 0. The van der Waals surface area contributed by atoms with Gasteiger partial charge in [-0.1, -0.05) is 12.7 Å². The van der Waals surface area contributed by atoms with Crippen LogP contribution in [0.4, 0.5) is 0 Å². The molecule has 0 atom stereocenters. The molecule has 0 fully saturated rings. The van der Waals surface area contributed by atoms with E-state index in [4.69, 9.17) is 0 Å². The Labute approximate surface area is 76.7 Å². The van der Waals surface area contributed by atoms with Gasteiger partial charge >= 0.3 is 0 Å². The van der Waals surface area contributed by atoms with E-state index in [1.807, 2.05) is 13.8 Å². The van der Waals surface area contributed by atoms with Crippen molar-refractivity contribution in [2.24, 2.45) is 0 Å². The Morgan fingerprint density at radius 2 is 2.08 bits per heavy atom. The number of aryl methyl sites for hydroxylation is 1. The van der Waals surface area contributed by atoms with E-state index in [9.17, 15) is 4.79 Å². The largest absolute Gasteiger partial charge is 0.294 e. The van der Waals surface area contributed by atoms with Crippen molar-refractivity contribution in [3.8, 4) is 0 Å². The summed E-state index contributed by atoms with van der Waals surface area (Å²) in [5.74, 6) is 0.148. The van der Waals surface area contributed by atoms with E-state index in [2.05, 4.69) is 6.58 Å². The lowest BCUT2D eigenvalue weighted by Gasteiger charge is -1.94. The van der Waals surface area contributed by atoms with Gasteiger partial charge in [0.2, 0.25) is 0 Å². The average molecular weight is 180 g/mol. The van der Waals surface area contributed by atoms with Crippen LogP contribution in [-0.2, 0) is 0 Å². The van der Waals surface area contributed by atoms with E-state index in [0.717, 1.165) is 20.9 Å². The molecule has 0 spiro atoms. The molecule has 0 unspecified atom stereocenters. The fourth-order valence-corrected chi connectivity index (χ4v) is 2.45. The van der Waals surface area contributed by atoms with Crippen LogP contribution in [0, 0.1) is 13.8 Å². The molecule has 0 amide bonds. The zero-order valence-corrected chi connectivity index (χ0v) is 8.42. The first-order valence-corrected chi connectivity index (χ1v) is 4.63. The molecule has 1 aromatic rings. The monoisotopic (exact) mass is 180 g/mol. The Morgan fingerprint density at radius 3 is 2.33 bits per heavy atom. The number of carbonyl (C=O) groups excluding carboxylic acids is 1. The molecule has 12 heavy (non-hydrogen) atoms. The molecule has 0 saturated carbocycles. The third-order valence-corrected chi connectivity index (χ3v) is 3.10. The normalized spacial score (nSPS) is 9.92. The molecular formula is C10H12OS. The molecular weight excluding hydrogens is 168 g/mol. The van der Waals surface area contributed by atoms with Gasteiger partial charge in [0.25, 0.3) is 0 Å². The average Bonchev–Trinajstić information content (AvgIpc) is 2.25. The molecule has 0 aromatic carbocycles. The van der Waals surface area contributed by atoms with Crippen molar-refractivity contribution in [1.29, 1.82) is 0 Å². The van der Waals surface area contributed by atoms with Crippen LogP contribution in [0.25, 0.3) is 6.08 Å². The molecule has 1 rings (SSSR count). The highest BCUT2D eigenvalue weighted by Crippen LogP contribution is 2.28. The highest BCUT2D eigenvalue weighted by Gasteiger charge is 2.12. The first-order valence-electron chi connectivity index (χ1n) is 3.81. The SMILES string of the molecule is C=Cc1sc(C)c(C(C)=O)c1C. The van der Waals surface area contributed by atoms with Gasteiger partial charge in [-0.2, -0.15) is 0 Å². The molecule has 0 N–H and O–H groups in total. The molecule has 0 aliphatic heterocycles. The minimum Gasteiger partial charge on any atom is -0.294 e. The Bertz CT molecular complexity index is 334. The summed E-state index contributed by atoms with van der Waals surface area (Å²) < 4.78 is 0. The van der Waals surface area contributed by atoms with Crippen LogP contribution in [0.1, 0.15) is 32.6 Å². The minimum atomic E-state index is 0.148. The number of ketones is 1. The second-order valence-electron chi connectivity index (χ2n) is 2.78. The quantitative estimate of drug-likeness (QED) is 0.639. The third-order valence-electron chi connectivity index (χ3n) is 1.90. The van der Waals surface area contributed by atoms with Crippen molar-refractivity contribution in [3.63, 3.8) is 0 Å². The minimum absolute atomic E-state index is 0.148. The topological polar surface area (TPSA) is 17.1 Å². The van der Waals surface area contributed by atoms with Crippen molar-refractivity contribution in [2.75, 3.05) is 0 Å². The first kappa shape index (κ1) is 9.20. The van der Waals surface area contributed by atoms with E-state index in [-0.39, 0.29) is 5.78 Å². The molecule has 0 aliphatic rings. The number of carbonyl (C=O) groups is 1. The Balaban J connectivity index is 3.37. The van der Waals surface area contributed by atoms with Gasteiger partial charge < -0.3 is 0 Å². The molecule has 1 aromatic heterocycles. The van der Waals surface area contributed by atoms with E-state index >= 15 is 0 Å². The summed E-state index contributed by atoms with van der Waals surface area (Å²) in [6, 6.07) is 0. The molecule has 2 heteroatoms. The Hall–Kier alpha value is -0.890. The van der Waals surface area contributed by atoms with Gasteiger partial charge in [0.05, 0.1) is 0 Å². The maximum Gasteiger partial charge on any atom is 0.161 e. The standard InChI is InChI=1S/C10H12OS/c1-5-9-6(2)10(7(3)11)8(4)12-9/h5H,1H2,2-4H3. The highest BCUT2D eigenvalue weighted by molar-refractivity contribution is 7.13. The van der Waals surface area contributed by atoms with Crippen LogP contribution >= 0.6 is 11.3 Å². The van der Waals surface area contributed by atoms with Crippen molar-refractivity contribution in [1.82, 2.24) is 0 Å². The van der Waals surface area contributed by atoms with Gasteiger partial charge in [0, 0.05) is 15.3 Å². The van der Waals surface area contributed by atoms with Crippen LogP contribution in [0.15, 0.2) is 6.58 Å². The van der Waals surface area contributed by atoms with Crippen molar-refractivity contribution < 1.29 is 4.79 Å². The van der Waals surface area contributed by atoms with Crippen LogP contribution in [0.2, 0.25) is 0 Å². The van der Waals surface area contributed by atoms with Crippen LogP contribution < -0.4 is 0 Å². The predicted octanol–water partition coefficient (Wildman–Crippen LogP) is 3.21. The van der Waals surface area contributed by atoms with Gasteiger partial charge in [0.15, 0.2) is 5.78 Å². The summed E-state index contributed by atoms with van der Waals surface area (Å²) in [7, 11) is 0. The molecule has 0 radical (unpaired) electrons. The molecule has 1 nitrogen and oxygen atoms in total. The van der Waals surface area contributed by atoms with Crippen LogP contribution in [0.5, 0.6) is 0 Å². The number of Topliss-reactive ketones (excluding diaryl/α,β-unsaturated/α-hetero) is 1. The van der Waals surface area contributed by atoms with Crippen molar-refractivity contribution in [3.05, 3.63) is 27.5 Å². The van der Waals surface area contributed by atoms with E-state index in [1.54, 1.807) is 24.3 Å². The van der Waals surface area contributed by atoms with Gasteiger partial charge in [-0.05, 0) is 26.3 Å².